The van der Waals surface area contributed by atoms with Crippen LogP contribution in [0, 0.1) is 0 Å². The zero-order valence-electron chi connectivity index (χ0n) is 8.45. The molecule has 74 valence electrons. The second-order valence-electron chi connectivity index (χ2n) is 4.88. The Labute approximate surface area is 83.8 Å². The first kappa shape index (κ1) is 8.21. The van der Waals surface area contributed by atoms with E-state index >= 15 is 0 Å². The van der Waals surface area contributed by atoms with Gasteiger partial charge in [0.25, 0.3) is 0 Å². The highest BCUT2D eigenvalue weighted by atomic mass is 15.0. The molecule has 2 saturated carbocycles. The van der Waals surface area contributed by atoms with Crippen LogP contribution in [0.25, 0.3) is 0 Å². The average molecular weight is 189 g/mol. The van der Waals surface area contributed by atoms with E-state index in [-0.39, 0.29) is 5.41 Å². The van der Waals surface area contributed by atoms with Gasteiger partial charge < -0.3 is 5.73 Å². The molecule has 1 aromatic heterocycles. The van der Waals surface area contributed by atoms with Crippen LogP contribution in [0.4, 0.5) is 5.82 Å². The van der Waals surface area contributed by atoms with Crippen LogP contribution in [-0.4, -0.2) is 9.97 Å². The summed E-state index contributed by atoms with van der Waals surface area (Å²) in [5, 5.41) is 0. The van der Waals surface area contributed by atoms with Crippen molar-refractivity contribution in [3.63, 3.8) is 0 Å². The monoisotopic (exact) mass is 189 g/mol. The van der Waals surface area contributed by atoms with E-state index in [1.807, 2.05) is 6.07 Å². The van der Waals surface area contributed by atoms with Crippen LogP contribution in [0.2, 0.25) is 0 Å². The molecule has 2 aliphatic carbocycles. The van der Waals surface area contributed by atoms with Crippen LogP contribution in [-0.2, 0) is 5.41 Å². The Morgan fingerprint density at radius 3 is 2.64 bits per heavy atom. The lowest BCUT2D eigenvalue weighted by atomic mass is 10.1. The van der Waals surface area contributed by atoms with Crippen LogP contribution < -0.4 is 5.73 Å². The summed E-state index contributed by atoms with van der Waals surface area (Å²) in [6.45, 7) is 2.22. The van der Waals surface area contributed by atoms with Crippen molar-refractivity contribution >= 4 is 5.82 Å². The summed E-state index contributed by atoms with van der Waals surface area (Å²) < 4.78 is 0. The van der Waals surface area contributed by atoms with Gasteiger partial charge in [0.15, 0.2) is 0 Å². The molecule has 0 saturated heterocycles. The number of nitrogen functional groups attached to an aromatic ring is 1. The van der Waals surface area contributed by atoms with Crippen molar-refractivity contribution in [3.8, 4) is 0 Å². The number of rotatable bonds is 2. The summed E-state index contributed by atoms with van der Waals surface area (Å²) >= 11 is 0. The first-order valence-corrected chi connectivity index (χ1v) is 5.32. The maximum absolute atomic E-state index is 5.80. The molecule has 14 heavy (non-hydrogen) atoms. The second-order valence-corrected chi connectivity index (χ2v) is 4.88. The van der Waals surface area contributed by atoms with Crippen molar-refractivity contribution in [1.82, 2.24) is 9.97 Å². The largest absolute Gasteiger partial charge is 0.384 e. The topological polar surface area (TPSA) is 51.8 Å². The average Bonchev–Trinajstić information content (AvgIpc) is 2.97. The molecule has 3 heteroatoms. The molecule has 2 N–H and O–H groups in total. The minimum absolute atomic E-state index is 0.235. The van der Waals surface area contributed by atoms with Crippen LogP contribution in [0.15, 0.2) is 6.07 Å². The predicted molar refractivity (Wildman–Crippen MR) is 55.0 cm³/mol. The fourth-order valence-electron chi connectivity index (χ4n) is 1.75. The van der Waals surface area contributed by atoms with E-state index in [1.54, 1.807) is 0 Å². The van der Waals surface area contributed by atoms with Gasteiger partial charge in [-0.05, 0) is 25.7 Å². The quantitative estimate of drug-likeness (QED) is 0.774. The van der Waals surface area contributed by atoms with Gasteiger partial charge in [0.05, 0.1) is 0 Å². The molecule has 2 aliphatic rings. The molecule has 2 fully saturated rings. The highest BCUT2D eigenvalue weighted by Crippen LogP contribution is 2.47. The zero-order chi connectivity index (χ0) is 9.76. The van der Waals surface area contributed by atoms with Crippen LogP contribution in [0.5, 0.6) is 0 Å². The van der Waals surface area contributed by atoms with E-state index in [0.29, 0.717) is 11.7 Å². The molecule has 3 rings (SSSR count). The molecular weight excluding hydrogens is 174 g/mol. The molecule has 1 aromatic rings. The van der Waals surface area contributed by atoms with Gasteiger partial charge in [0.2, 0.25) is 0 Å². The molecule has 3 nitrogen and oxygen atoms in total. The highest BCUT2D eigenvalue weighted by Gasteiger charge is 2.42. The number of nitrogens with zero attached hydrogens (tertiary/aromatic N) is 2. The normalized spacial score (nSPS) is 23.5. The third-order valence-electron chi connectivity index (χ3n) is 3.30. The van der Waals surface area contributed by atoms with E-state index in [4.69, 9.17) is 5.73 Å². The third kappa shape index (κ3) is 1.27. The summed E-state index contributed by atoms with van der Waals surface area (Å²) in [4.78, 5) is 8.98. The number of anilines is 1. The predicted octanol–water partition coefficient (Wildman–Crippen LogP) is 1.99. The maximum atomic E-state index is 5.80. The van der Waals surface area contributed by atoms with E-state index < -0.39 is 0 Å². The van der Waals surface area contributed by atoms with Gasteiger partial charge in [-0.2, -0.15) is 0 Å². The number of hydrogen-bond acceptors (Lipinski definition) is 3. The standard InChI is InChI=1S/C11H15N3/c1-11(4-5-11)10-13-8(7-2-3-7)6-9(12)14-10/h6-7H,2-5H2,1H3,(H2,12,13,14). The lowest BCUT2D eigenvalue weighted by Gasteiger charge is -2.09. The number of nitrogens with two attached hydrogens (primary N) is 1. The molecule has 0 unspecified atom stereocenters. The molecule has 0 spiro atoms. The van der Waals surface area contributed by atoms with Crippen molar-refractivity contribution in [3.05, 3.63) is 17.6 Å². The van der Waals surface area contributed by atoms with Gasteiger partial charge in [-0.1, -0.05) is 6.92 Å². The van der Waals surface area contributed by atoms with Gasteiger partial charge in [0, 0.05) is 23.1 Å². The Morgan fingerprint density at radius 2 is 2.07 bits per heavy atom. The number of hydrogen-bond donors (Lipinski definition) is 1. The van der Waals surface area contributed by atoms with Crippen molar-refractivity contribution in [1.29, 1.82) is 0 Å². The summed E-state index contributed by atoms with van der Waals surface area (Å²) in [5.74, 6) is 2.28. The minimum atomic E-state index is 0.235. The molecule has 1 heterocycles. The van der Waals surface area contributed by atoms with Gasteiger partial charge in [-0.3, -0.25) is 0 Å². The molecule has 0 atom stereocenters. The Hall–Kier alpha value is -1.12. The van der Waals surface area contributed by atoms with Crippen molar-refractivity contribution in [2.45, 2.75) is 43.9 Å². The minimum Gasteiger partial charge on any atom is -0.384 e. The van der Waals surface area contributed by atoms with Crippen LogP contribution >= 0.6 is 0 Å². The van der Waals surface area contributed by atoms with Gasteiger partial charge >= 0.3 is 0 Å². The second kappa shape index (κ2) is 2.47. The van der Waals surface area contributed by atoms with Crippen molar-refractivity contribution in [2.24, 2.45) is 0 Å². The Bertz CT molecular complexity index is 378. The first-order chi connectivity index (χ1) is 6.67. The molecule has 0 aliphatic heterocycles. The Kier molecular flexibility index (Phi) is 1.45. The fourth-order valence-corrected chi connectivity index (χ4v) is 1.75. The highest BCUT2D eigenvalue weighted by molar-refractivity contribution is 5.35. The number of aromatic nitrogens is 2. The van der Waals surface area contributed by atoms with E-state index in [0.717, 1.165) is 5.82 Å². The lowest BCUT2D eigenvalue weighted by Crippen LogP contribution is -2.10. The van der Waals surface area contributed by atoms with E-state index in [9.17, 15) is 0 Å². The Balaban J connectivity index is 2.02. The van der Waals surface area contributed by atoms with Crippen LogP contribution in [0.3, 0.4) is 0 Å². The molecule has 0 aromatic carbocycles. The van der Waals surface area contributed by atoms with Gasteiger partial charge in [-0.15, -0.1) is 0 Å². The van der Waals surface area contributed by atoms with E-state index in [2.05, 4.69) is 16.9 Å². The Morgan fingerprint density at radius 1 is 1.36 bits per heavy atom. The van der Waals surface area contributed by atoms with Crippen molar-refractivity contribution < 1.29 is 0 Å². The summed E-state index contributed by atoms with van der Waals surface area (Å²) in [5.41, 5.74) is 7.20. The third-order valence-corrected chi connectivity index (χ3v) is 3.30. The lowest BCUT2D eigenvalue weighted by molar-refractivity contribution is 0.699. The maximum Gasteiger partial charge on any atom is 0.136 e. The van der Waals surface area contributed by atoms with Crippen LogP contribution in [0.1, 0.15) is 50.0 Å². The summed E-state index contributed by atoms with van der Waals surface area (Å²) in [7, 11) is 0. The van der Waals surface area contributed by atoms with Gasteiger partial charge in [0.1, 0.15) is 11.6 Å². The molecule has 0 radical (unpaired) electrons. The summed E-state index contributed by atoms with van der Waals surface area (Å²) in [6.07, 6.45) is 4.96. The molecule has 0 bridgehead atoms. The smallest absolute Gasteiger partial charge is 0.136 e. The molecular formula is C11H15N3. The van der Waals surface area contributed by atoms with E-state index in [1.165, 1.54) is 31.4 Å². The van der Waals surface area contributed by atoms with Crippen molar-refractivity contribution in [2.75, 3.05) is 5.73 Å². The fraction of sp³-hybridized carbons (Fsp3) is 0.636. The summed E-state index contributed by atoms with van der Waals surface area (Å²) in [6, 6.07) is 1.94. The SMILES string of the molecule is CC1(c2nc(N)cc(C3CC3)n2)CC1. The van der Waals surface area contributed by atoms with Gasteiger partial charge in [-0.25, -0.2) is 9.97 Å². The molecule has 0 amide bonds. The zero-order valence-corrected chi connectivity index (χ0v) is 8.45. The first-order valence-electron chi connectivity index (χ1n) is 5.32.